The third-order valence-electron chi connectivity index (χ3n) is 3.41. The highest BCUT2D eigenvalue weighted by molar-refractivity contribution is 7.86. The lowest BCUT2D eigenvalue weighted by atomic mass is 10.1. The van der Waals surface area contributed by atoms with E-state index >= 15 is 0 Å². The van der Waals surface area contributed by atoms with Crippen LogP contribution in [0.1, 0.15) is 30.9 Å². The van der Waals surface area contributed by atoms with E-state index in [9.17, 15) is 18.0 Å². The van der Waals surface area contributed by atoms with Crippen molar-refractivity contribution in [2.75, 3.05) is 6.61 Å². The Kier molecular flexibility index (Phi) is 5.40. The molecule has 8 heteroatoms. The van der Waals surface area contributed by atoms with E-state index < -0.39 is 21.9 Å². The maximum absolute atomic E-state index is 12.3. The standard InChI is InChI=1S/C16H19NO6S/c1-4-5-8-22-16-11(2)9-13(10-12(16)3)24(20,21)23-17-14(18)6-7-15(17)19/h6-7,9-10H,4-5,8H2,1-3H3. The van der Waals surface area contributed by atoms with E-state index in [1.165, 1.54) is 12.1 Å². The molecule has 2 amide bonds. The van der Waals surface area contributed by atoms with Gasteiger partial charge < -0.3 is 4.74 Å². The molecular weight excluding hydrogens is 334 g/mol. The number of amides is 2. The minimum absolute atomic E-state index is 0.146. The topological polar surface area (TPSA) is 90.0 Å². The zero-order chi connectivity index (χ0) is 17.9. The summed E-state index contributed by atoms with van der Waals surface area (Å²) in [7, 11) is -4.31. The van der Waals surface area contributed by atoms with Gasteiger partial charge in [-0.1, -0.05) is 13.3 Å². The lowest BCUT2D eigenvalue weighted by molar-refractivity contribution is -0.161. The van der Waals surface area contributed by atoms with Gasteiger partial charge in [-0.2, -0.15) is 8.42 Å². The Hall–Kier alpha value is -2.19. The highest BCUT2D eigenvalue weighted by atomic mass is 32.2. The average molecular weight is 353 g/mol. The number of carbonyl (C=O) groups excluding carboxylic acids is 2. The number of aryl methyl sites for hydroxylation is 2. The number of carbonyl (C=O) groups is 2. The van der Waals surface area contributed by atoms with E-state index in [4.69, 9.17) is 4.74 Å². The Balaban J connectivity index is 2.25. The molecule has 0 aromatic heterocycles. The minimum Gasteiger partial charge on any atom is -0.493 e. The predicted molar refractivity (Wildman–Crippen MR) is 85.6 cm³/mol. The Morgan fingerprint density at radius 1 is 1.04 bits per heavy atom. The molecule has 0 spiro atoms. The lowest BCUT2D eigenvalue weighted by Gasteiger charge is -2.16. The van der Waals surface area contributed by atoms with Crippen LogP contribution in [0.15, 0.2) is 29.2 Å². The molecule has 24 heavy (non-hydrogen) atoms. The second kappa shape index (κ2) is 7.14. The number of ether oxygens (including phenoxy) is 1. The SMILES string of the molecule is CCCCOc1c(C)cc(S(=O)(=O)ON2C(=O)C=CC2=O)cc1C. The Morgan fingerprint density at radius 2 is 1.58 bits per heavy atom. The minimum atomic E-state index is -4.31. The average Bonchev–Trinajstić information content (AvgIpc) is 2.81. The van der Waals surface area contributed by atoms with Crippen LogP contribution in [0.3, 0.4) is 0 Å². The molecule has 0 saturated carbocycles. The summed E-state index contributed by atoms with van der Waals surface area (Å²) >= 11 is 0. The highest BCUT2D eigenvalue weighted by Gasteiger charge is 2.31. The fraction of sp³-hybridized carbons (Fsp3) is 0.375. The van der Waals surface area contributed by atoms with Crippen molar-refractivity contribution in [3.05, 3.63) is 35.4 Å². The van der Waals surface area contributed by atoms with E-state index in [0.29, 0.717) is 23.5 Å². The van der Waals surface area contributed by atoms with Crippen molar-refractivity contribution in [1.82, 2.24) is 5.06 Å². The van der Waals surface area contributed by atoms with Crippen molar-refractivity contribution in [3.63, 3.8) is 0 Å². The van der Waals surface area contributed by atoms with Gasteiger partial charge in [0.15, 0.2) is 0 Å². The van der Waals surface area contributed by atoms with Crippen LogP contribution in [0.25, 0.3) is 0 Å². The van der Waals surface area contributed by atoms with Crippen LogP contribution in [-0.4, -0.2) is 31.9 Å². The number of hydroxylamine groups is 2. The van der Waals surface area contributed by atoms with Gasteiger partial charge in [-0.25, -0.2) is 0 Å². The number of hydrogen-bond acceptors (Lipinski definition) is 6. The van der Waals surface area contributed by atoms with Crippen LogP contribution < -0.4 is 4.74 Å². The molecule has 1 aromatic carbocycles. The second-order valence-electron chi connectivity index (χ2n) is 5.42. The number of benzene rings is 1. The molecule has 0 unspecified atom stereocenters. The maximum Gasteiger partial charge on any atom is 0.318 e. The zero-order valence-electron chi connectivity index (χ0n) is 13.7. The number of imide groups is 1. The number of rotatable bonds is 7. The molecule has 1 aliphatic rings. The molecule has 0 fully saturated rings. The van der Waals surface area contributed by atoms with Crippen LogP contribution >= 0.6 is 0 Å². The summed E-state index contributed by atoms with van der Waals surface area (Å²) in [4.78, 5) is 22.7. The van der Waals surface area contributed by atoms with Gasteiger partial charge in [0.25, 0.3) is 11.8 Å². The van der Waals surface area contributed by atoms with Crippen molar-refractivity contribution < 1.29 is 27.0 Å². The molecule has 0 bridgehead atoms. The summed E-state index contributed by atoms with van der Waals surface area (Å²) in [6.45, 7) is 6.04. The molecule has 1 aliphatic heterocycles. The van der Waals surface area contributed by atoms with Gasteiger partial charge in [-0.05, 0) is 43.5 Å². The maximum atomic E-state index is 12.3. The number of unbranched alkanes of at least 4 members (excludes halogenated alkanes) is 1. The van der Waals surface area contributed by atoms with Crippen molar-refractivity contribution in [1.29, 1.82) is 0 Å². The molecule has 0 radical (unpaired) electrons. The Labute approximate surface area is 140 Å². The molecule has 1 aromatic rings. The van der Waals surface area contributed by atoms with Crippen LogP contribution in [0, 0.1) is 13.8 Å². The predicted octanol–water partition coefficient (Wildman–Crippen LogP) is 2.03. The Bertz CT molecular complexity index is 756. The number of hydrogen-bond donors (Lipinski definition) is 0. The first-order chi connectivity index (χ1) is 11.3. The zero-order valence-corrected chi connectivity index (χ0v) is 14.6. The molecule has 2 rings (SSSR count). The lowest BCUT2D eigenvalue weighted by Crippen LogP contribution is -2.32. The fourth-order valence-electron chi connectivity index (χ4n) is 2.20. The summed E-state index contributed by atoms with van der Waals surface area (Å²) in [5.74, 6) is -1.05. The van der Waals surface area contributed by atoms with Crippen molar-refractivity contribution in [2.24, 2.45) is 0 Å². The summed E-state index contributed by atoms with van der Waals surface area (Å²) in [5, 5.41) is 0.214. The molecule has 0 N–H and O–H groups in total. The van der Waals surface area contributed by atoms with Gasteiger partial charge >= 0.3 is 10.1 Å². The molecular formula is C16H19NO6S. The van der Waals surface area contributed by atoms with Crippen LogP contribution in [0.2, 0.25) is 0 Å². The van der Waals surface area contributed by atoms with Crippen LogP contribution in [0.5, 0.6) is 5.75 Å². The van der Waals surface area contributed by atoms with Gasteiger partial charge in [-0.3, -0.25) is 9.59 Å². The normalized spacial score (nSPS) is 14.5. The van der Waals surface area contributed by atoms with Crippen molar-refractivity contribution in [3.8, 4) is 5.75 Å². The van der Waals surface area contributed by atoms with Crippen molar-refractivity contribution in [2.45, 2.75) is 38.5 Å². The van der Waals surface area contributed by atoms with E-state index in [1.807, 2.05) is 6.92 Å². The van der Waals surface area contributed by atoms with Crippen molar-refractivity contribution >= 4 is 21.9 Å². The van der Waals surface area contributed by atoms with Gasteiger partial charge in [0.05, 0.1) is 11.5 Å². The monoisotopic (exact) mass is 353 g/mol. The summed E-state index contributed by atoms with van der Waals surface area (Å²) < 4.78 is 35.0. The van der Waals surface area contributed by atoms with Gasteiger partial charge in [-0.15, -0.1) is 9.35 Å². The van der Waals surface area contributed by atoms with E-state index in [0.717, 1.165) is 25.0 Å². The molecule has 0 aliphatic carbocycles. The second-order valence-corrected chi connectivity index (χ2v) is 6.95. The summed E-state index contributed by atoms with van der Waals surface area (Å²) in [6, 6.07) is 2.78. The highest BCUT2D eigenvalue weighted by Crippen LogP contribution is 2.28. The summed E-state index contributed by atoms with van der Waals surface area (Å²) in [5.41, 5.74) is 1.26. The first-order valence-corrected chi connectivity index (χ1v) is 8.92. The third-order valence-corrected chi connectivity index (χ3v) is 4.57. The Morgan fingerprint density at radius 3 is 2.08 bits per heavy atom. The molecule has 1 heterocycles. The quantitative estimate of drug-likeness (QED) is 0.550. The molecule has 130 valence electrons. The largest absolute Gasteiger partial charge is 0.493 e. The number of nitrogens with zero attached hydrogens (tertiary/aromatic N) is 1. The summed E-state index contributed by atoms with van der Waals surface area (Å²) in [6.07, 6.45) is 3.77. The van der Waals surface area contributed by atoms with E-state index in [2.05, 4.69) is 4.28 Å². The van der Waals surface area contributed by atoms with Crippen LogP contribution in [0.4, 0.5) is 0 Å². The third kappa shape index (κ3) is 3.82. The molecule has 0 saturated heterocycles. The van der Waals surface area contributed by atoms with E-state index in [-0.39, 0.29) is 9.96 Å². The van der Waals surface area contributed by atoms with Gasteiger partial charge in [0.2, 0.25) is 0 Å². The van der Waals surface area contributed by atoms with Gasteiger partial charge in [0, 0.05) is 12.2 Å². The van der Waals surface area contributed by atoms with Crippen LogP contribution in [-0.2, 0) is 24.0 Å². The molecule has 0 atom stereocenters. The fourth-order valence-corrected chi connectivity index (χ4v) is 3.27. The first kappa shape index (κ1) is 18.2. The smallest absolute Gasteiger partial charge is 0.318 e. The van der Waals surface area contributed by atoms with E-state index in [1.54, 1.807) is 13.8 Å². The first-order valence-electron chi connectivity index (χ1n) is 7.51. The molecule has 7 nitrogen and oxygen atoms in total. The van der Waals surface area contributed by atoms with Gasteiger partial charge in [0.1, 0.15) is 5.75 Å².